The molecule has 3 N–H and O–H groups in total. The van der Waals surface area contributed by atoms with Gasteiger partial charge < -0.3 is 15.8 Å². The molecule has 0 unspecified atom stereocenters. The first-order chi connectivity index (χ1) is 7.25. The maximum atomic E-state index is 12.8. The number of anilines is 2. The van der Waals surface area contributed by atoms with E-state index in [0.29, 0.717) is 5.69 Å². The van der Waals surface area contributed by atoms with Crippen molar-refractivity contribution in [2.75, 3.05) is 24.2 Å². The fourth-order valence-electron chi connectivity index (χ4n) is 1.72. The molecule has 1 aromatic rings. The third-order valence-electron chi connectivity index (χ3n) is 2.56. The lowest BCUT2D eigenvalue weighted by atomic mass is 10.2. The highest BCUT2D eigenvalue weighted by Crippen LogP contribution is 2.20. The van der Waals surface area contributed by atoms with Gasteiger partial charge in [-0.25, -0.2) is 4.39 Å². The van der Waals surface area contributed by atoms with Crippen LogP contribution in [0.15, 0.2) is 18.2 Å². The van der Waals surface area contributed by atoms with Crippen LogP contribution in [0, 0.1) is 5.82 Å². The smallest absolute Gasteiger partial charge is 0.125 e. The van der Waals surface area contributed by atoms with Gasteiger partial charge in [0.25, 0.3) is 0 Å². The van der Waals surface area contributed by atoms with Crippen LogP contribution in [0.5, 0.6) is 0 Å². The van der Waals surface area contributed by atoms with Crippen LogP contribution in [0.1, 0.15) is 12.8 Å². The Balaban J connectivity index is 1.92. The van der Waals surface area contributed by atoms with E-state index in [1.807, 2.05) is 0 Å². The van der Waals surface area contributed by atoms with Gasteiger partial charge >= 0.3 is 0 Å². The summed E-state index contributed by atoms with van der Waals surface area (Å²) < 4.78 is 18.2. The van der Waals surface area contributed by atoms with E-state index in [2.05, 4.69) is 5.32 Å². The first-order valence-electron chi connectivity index (χ1n) is 5.16. The number of nitrogen functional groups attached to an aromatic ring is 1. The van der Waals surface area contributed by atoms with Crippen molar-refractivity contribution in [3.63, 3.8) is 0 Å². The molecular formula is C11H15FN2O. The van der Waals surface area contributed by atoms with E-state index in [1.54, 1.807) is 6.07 Å². The van der Waals surface area contributed by atoms with Crippen molar-refractivity contribution in [2.45, 2.75) is 18.9 Å². The molecular weight excluding hydrogens is 195 g/mol. The SMILES string of the molecule is Nc1cc(F)ccc1NC[C@@H]1CCCO1. The highest BCUT2D eigenvalue weighted by Gasteiger charge is 2.15. The molecule has 0 saturated carbocycles. The van der Waals surface area contributed by atoms with Crippen molar-refractivity contribution in [2.24, 2.45) is 0 Å². The number of rotatable bonds is 3. The van der Waals surface area contributed by atoms with Gasteiger partial charge in [0.05, 0.1) is 17.5 Å². The topological polar surface area (TPSA) is 47.3 Å². The molecule has 3 nitrogen and oxygen atoms in total. The number of benzene rings is 1. The Morgan fingerprint density at radius 1 is 1.53 bits per heavy atom. The molecule has 0 amide bonds. The number of halogens is 1. The summed E-state index contributed by atoms with van der Waals surface area (Å²) in [6.07, 6.45) is 2.45. The second-order valence-corrected chi connectivity index (χ2v) is 3.75. The molecule has 82 valence electrons. The van der Waals surface area contributed by atoms with E-state index in [1.165, 1.54) is 12.1 Å². The van der Waals surface area contributed by atoms with E-state index in [0.717, 1.165) is 31.7 Å². The number of nitrogens with one attached hydrogen (secondary N) is 1. The molecule has 0 spiro atoms. The Morgan fingerprint density at radius 2 is 2.40 bits per heavy atom. The molecule has 1 fully saturated rings. The van der Waals surface area contributed by atoms with Gasteiger partial charge in [0.2, 0.25) is 0 Å². The molecule has 0 bridgehead atoms. The normalized spacial score (nSPS) is 20.5. The monoisotopic (exact) mass is 210 g/mol. The molecule has 4 heteroatoms. The summed E-state index contributed by atoms with van der Waals surface area (Å²) in [7, 11) is 0. The molecule has 15 heavy (non-hydrogen) atoms. The van der Waals surface area contributed by atoms with Crippen LogP contribution in [0.3, 0.4) is 0 Å². The maximum Gasteiger partial charge on any atom is 0.125 e. The van der Waals surface area contributed by atoms with E-state index >= 15 is 0 Å². The van der Waals surface area contributed by atoms with Gasteiger partial charge in [-0.2, -0.15) is 0 Å². The summed E-state index contributed by atoms with van der Waals surface area (Å²) >= 11 is 0. The molecule has 1 aliphatic heterocycles. The zero-order chi connectivity index (χ0) is 10.7. The Labute approximate surface area is 88.4 Å². The summed E-state index contributed by atoms with van der Waals surface area (Å²) in [5.74, 6) is -0.310. The third-order valence-corrected chi connectivity index (χ3v) is 2.56. The van der Waals surface area contributed by atoms with E-state index in [4.69, 9.17) is 10.5 Å². The minimum atomic E-state index is -0.310. The maximum absolute atomic E-state index is 12.8. The number of ether oxygens (including phenoxy) is 1. The highest BCUT2D eigenvalue weighted by molar-refractivity contribution is 5.65. The summed E-state index contributed by atoms with van der Waals surface area (Å²) in [6.45, 7) is 1.57. The molecule has 1 heterocycles. The van der Waals surface area contributed by atoms with Crippen molar-refractivity contribution in [1.29, 1.82) is 0 Å². The molecule has 2 rings (SSSR count). The van der Waals surface area contributed by atoms with Crippen molar-refractivity contribution < 1.29 is 9.13 Å². The minimum absolute atomic E-state index is 0.259. The summed E-state index contributed by atoms with van der Waals surface area (Å²) in [6, 6.07) is 4.37. The van der Waals surface area contributed by atoms with Gasteiger partial charge in [0.1, 0.15) is 5.82 Å². The lowest BCUT2D eigenvalue weighted by Crippen LogP contribution is -2.18. The van der Waals surface area contributed by atoms with Crippen LogP contribution in [0.4, 0.5) is 15.8 Å². The van der Waals surface area contributed by atoms with Crippen molar-refractivity contribution in [1.82, 2.24) is 0 Å². The Bertz CT molecular complexity index is 337. The standard InChI is InChI=1S/C11H15FN2O/c12-8-3-4-11(10(13)6-8)14-7-9-2-1-5-15-9/h3-4,6,9,14H,1-2,5,7,13H2/t9-/m0/s1. The largest absolute Gasteiger partial charge is 0.397 e. The van der Waals surface area contributed by atoms with Crippen LogP contribution < -0.4 is 11.1 Å². The number of hydrogen-bond acceptors (Lipinski definition) is 3. The van der Waals surface area contributed by atoms with Gasteiger partial charge in [-0.1, -0.05) is 0 Å². The van der Waals surface area contributed by atoms with Crippen LogP contribution in [0.2, 0.25) is 0 Å². The molecule has 0 radical (unpaired) electrons. The zero-order valence-electron chi connectivity index (χ0n) is 8.50. The molecule has 0 aromatic heterocycles. The minimum Gasteiger partial charge on any atom is -0.397 e. The highest BCUT2D eigenvalue weighted by atomic mass is 19.1. The van der Waals surface area contributed by atoms with Gasteiger partial charge in [0.15, 0.2) is 0 Å². The van der Waals surface area contributed by atoms with Crippen molar-refractivity contribution in [3.05, 3.63) is 24.0 Å². The van der Waals surface area contributed by atoms with Gasteiger partial charge in [-0.3, -0.25) is 0 Å². The van der Waals surface area contributed by atoms with Gasteiger partial charge in [0, 0.05) is 13.2 Å². The third kappa shape index (κ3) is 2.59. The van der Waals surface area contributed by atoms with Crippen molar-refractivity contribution in [3.8, 4) is 0 Å². The first kappa shape index (κ1) is 10.2. The van der Waals surface area contributed by atoms with Crippen LogP contribution in [-0.2, 0) is 4.74 Å². The fraction of sp³-hybridized carbons (Fsp3) is 0.455. The lowest BCUT2D eigenvalue weighted by Gasteiger charge is -2.13. The zero-order valence-corrected chi connectivity index (χ0v) is 8.50. The molecule has 1 atom stereocenters. The number of hydrogen-bond donors (Lipinski definition) is 2. The molecule has 1 aromatic carbocycles. The second kappa shape index (κ2) is 4.49. The predicted molar refractivity (Wildman–Crippen MR) is 58.3 cm³/mol. The fourth-order valence-corrected chi connectivity index (χ4v) is 1.72. The second-order valence-electron chi connectivity index (χ2n) is 3.75. The quantitative estimate of drug-likeness (QED) is 0.750. The molecule has 0 aliphatic carbocycles. The average molecular weight is 210 g/mol. The van der Waals surface area contributed by atoms with Crippen molar-refractivity contribution >= 4 is 11.4 Å². The van der Waals surface area contributed by atoms with Crippen LogP contribution in [0.25, 0.3) is 0 Å². The Morgan fingerprint density at radius 3 is 3.07 bits per heavy atom. The summed E-state index contributed by atoms with van der Waals surface area (Å²) in [5.41, 5.74) is 6.87. The lowest BCUT2D eigenvalue weighted by molar-refractivity contribution is 0.120. The Hall–Kier alpha value is -1.29. The van der Waals surface area contributed by atoms with E-state index in [9.17, 15) is 4.39 Å². The van der Waals surface area contributed by atoms with E-state index in [-0.39, 0.29) is 11.9 Å². The summed E-state index contributed by atoms with van der Waals surface area (Å²) in [4.78, 5) is 0. The molecule has 1 aliphatic rings. The van der Waals surface area contributed by atoms with Crippen LogP contribution >= 0.6 is 0 Å². The van der Waals surface area contributed by atoms with Crippen LogP contribution in [-0.4, -0.2) is 19.3 Å². The average Bonchev–Trinajstić information content (AvgIpc) is 2.69. The molecule has 1 saturated heterocycles. The first-order valence-corrected chi connectivity index (χ1v) is 5.16. The summed E-state index contributed by atoms with van der Waals surface area (Å²) in [5, 5.41) is 3.17. The van der Waals surface area contributed by atoms with Gasteiger partial charge in [-0.05, 0) is 31.0 Å². The Kier molecular flexibility index (Phi) is 3.06. The van der Waals surface area contributed by atoms with E-state index < -0.39 is 0 Å². The number of nitrogens with two attached hydrogens (primary N) is 1. The predicted octanol–water partition coefficient (Wildman–Crippen LogP) is 2.00. The van der Waals surface area contributed by atoms with Gasteiger partial charge in [-0.15, -0.1) is 0 Å².